The Morgan fingerprint density at radius 2 is 1.90 bits per heavy atom. The molecule has 2 aromatic carbocycles. The lowest BCUT2D eigenvalue weighted by Gasteiger charge is -2.37. The maximum absolute atomic E-state index is 13.0. The monoisotopic (exact) mass is 416 g/mol. The highest BCUT2D eigenvalue weighted by Gasteiger charge is 2.34. The molecule has 6 heteroatoms. The molecular weight excluding hydrogens is 392 g/mol. The molecule has 1 fully saturated rings. The van der Waals surface area contributed by atoms with Crippen molar-refractivity contribution in [2.45, 2.75) is 31.8 Å². The quantitative estimate of drug-likeness (QED) is 0.444. The first-order chi connectivity index (χ1) is 15.2. The molecule has 0 radical (unpaired) electrons. The van der Waals surface area contributed by atoms with E-state index in [1.54, 1.807) is 20.4 Å². The molecule has 0 spiro atoms. The second-order valence-corrected chi connectivity index (χ2v) is 7.79. The lowest BCUT2D eigenvalue weighted by atomic mass is 9.94. The van der Waals surface area contributed by atoms with Gasteiger partial charge < -0.3 is 18.8 Å². The topological polar surface area (TPSA) is 64.8 Å². The fourth-order valence-electron chi connectivity index (χ4n) is 4.57. The number of likely N-dealkylation sites (tertiary alicyclic amines) is 1. The van der Waals surface area contributed by atoms with Crippen LogP contribution in [-0.4, -0.2) is 30.0 Å². The molecule has 31 heavy (non-hydrogen) atoms. The molecule has 3 heterocycles. The number of piperidine rings is 1. The number of methoxy groups -OCH3 is 2. The SMILES string of the molecule is COc1ccnc(OC)c1C1CCCC(=O)N1Cc1ccc2oc3ccccc3c2c1. The van der Waals surface area contributed by atoms with Crippen LogP contribution in [0.2, 0.25) is 0 Å². The summed E-state index contributed by atoms with van der Waals surface area (Å²) >= 11 is 0. The van der Waals surface area contributed by atoms with Crippen molar-refractivity contribution >= 4 is 27.8 Å². The zero-order valence-electron chi connectivity index (χ0n) is 17.6. The number of pyridine rings is 1. The van der Waals surface area contributed by atoms with Gasteiger partial charge in [-0.25, -0.2) is 4.98 Å². The van der Waals surface area contributed by atoms with Crippen molar-refractivity contribution in [3.8, 4) is 11.6 Å². The number of furan rings is 1. The van der Waals surface area contributed by atoms with Gasteiger partial charge in [0, 0.05) is 29.9 Å². The van der Waals surface area contributed by atoms with E-state index in [2.05, 4.69) is 17.1 Å². The highest BCUT2D eigenvalue weighted by atomic mass is 16.5. The van der Waals surface area contributed by atoms with Crippen molar-refractivity contribution in [2.75, 3.05) is 14.2 Å². The van der Waals surface area contributed by atoms with Crippen LogP contribution in [-0.2, 0) is 11.3 Å². The Hall–Kier alpha value is -3.54. The maximum Gasteiger partial charge on any atom is 0.223 e. The number of rotatable bonds is 5. The number of para-hydroxylation sites is 1. The van der Waals surface area contributed by atoms with Crippen molar-refractivity contribution in [1.82, 2.24) is 9.88 Å². The predicted octanol–water partition coefficient (Wildman–Crippen LogP) is 5.25. The summed E-state index contributed by atoms with van der Waals surface area (Å²) < 4.78 is 17.1. The molecule has 5 rings (SSSR count). The Morgan fingerprint density at radius 1 is 1.06 bits per heavy atom. The summed E-state index contributed by atoms with van der Waals surface area (Å²) in [5.41, 5.74) is 3.60. The highest BCUT2D eigenvalue weighted by molar-refractivity contribution is 6.05. The van der Waals surface area contributed by atoms with Crippen molar-refractivity contribution < 1.29 is 18.7 Å². The molecule has 0 bridgehead atoms. The standard InChI is InChI=1S/C25H24N2O4/c1-29-22-12-13-26-25(30-2)24(22)19-7-5-9-23(28)27(19)15-16-10-11-21-18(14-16)17-6-3-4-8-20(17)31-21/h3-4,6,8,10-14,19H,5,7,9,15H2,1-2H3. The van der Waals surface area contributed by atoms with Crippen molar-refractivity contribution in [1.29, 1.82) is 0 Å². The summed E-state index contributed by atoms with van der Waals surface area (Å²) in [6.45, 7) is 0.500. The van der Waals surface area contributed by atoms with Gasteiger partial charge in [-0.1, -0.05) is 24.3 Å². The minimum absolute atomic E-state index is 0.126. The molecule has 6 nitrogen and oxygen atoms in total. The normalized spacial score (nSPS) is 16.8. The Balaban J connectivity index is 1.55. The molecule has 1 saturated heterocycles. The molecular formula is C25H24N2O4. The molecule has 1 aliphatic heterocycles. The Bertz CT molecular complexity index is 1240. The maximum atomic E-state index is 13.0. The van der Waals surface area contributed by atoms with Crippen LogP contribution in [0.4, 0.5) is 0 Å². The first kappa shape index (κ1) is 19.4. The van der Waals surface area contributed by atoms with E-state index in [4.69, 9.17) is 13.9 Å². The van der Waals surface area contributed by atoms with Crippen LogP contribution in [0.1, 0.15) is 36.4 Å². The van der Waals surface area contributed by atoms with Crippen molar-refractivity contribution in [2.24, 2.45) is 0 Å². The number of fused-ring (bicyclic) bond motifs is 3. The van der Waals surface area contributed by atoms with E-state index in [1.165, 1.54) is 0 Å². The molecule has 1 atom stereocenters. The van der Waals surface area contributed by atoms with Crippen LogP contribution < -0.4 is 9.47 Å². The van der Waals surface area contributed by atoms with Crippen LogP contribution in [0.15, 0.2) is 59.1 Å². The van der Waals surface area contributed by atoms with Gasteiger partial charge in [0.2, 0.25) is 11.8 Å². The average molecular weight is 416 g/mol. The van der Waals surface area contributed by atoms with Gasteiger partial charge >= 0.3 is 0 Å². The van der Waals surface area contributed by atoms with E-state index in [9.17, 15) is 4.79 Å². The van der Waals surface area contributed by atoms with Gasteiger partial charge in [-0.2, -0.15) is 0 Å². The van der Waals surface area contributed by atoms with Gasteiger partial charge in [-0.15, -0.1) is 0 Å². The third-order valence-corrected chi connectivity index (χ3v) is 6.02. The van der Waals surface area contributed by atoms with Gasteiger partial charge in [0.25, 0.3) is 0 Å². The van der Waals surface area contributed by atoms with Gasteiger partial charge in [0.15, 0.2) is 0 Å². The van der Waals surface area contributed by atoms with Crippen LogP contribution in [0.5, 0.6) is 11.6 Å². The molecule has 158 valence electrons. The number of hydrogen-bond acceptors (Lipinski definition) is 5. The van der Waals surface area contributed by atoms with E-state index in [1.807, 2.05) is 41.3 Å². The molecule has 4 aromatic rings. The number of carbonyl (C=O) groups excluding carboxylic acids is 1. The van der Waals surface area contributed by atoms with Gasteiger partial charge in [-0.3, -0.25) is 4.79 Å². The Morgan fingerprint density at radius 3 is 2.74 bits per heavy atom. The van der Waals surface area contributed by atoms with Crippen molar-refractivity contribution in [3.05, 3.63) is 65.9 Å². The first-order valence-electron chi connectivity index (χ1n) is 10.5. The average Bonchev–Trinajstić information content (AvgIpc) is 3.18. The van der Waals surface area contributed by atoms with Crippen LogP contribution >= 0.6 is 0 Å². The molecule has 0 aliphatic carbocycles. The van der Waals surface area contributed by atoms with Gasteiger partial charge in [0.1, 0.15) is 16.9 Å². The number of ether oxygens (including phenoxy) is 2. The predicted molar refractivity (Wildman–Crippen MR) is 118 cm³/mol. The summed E-state index contributed by atoms with van der Waals surface area (Å²) in [6, 6.07) is 15.8. The molecule has 0 N–H and O–H groups in total. The molecule has 2 aromatic heterocycles. The minimum atomic E-state index is -0.156. The van der Waals surface area contributed by atoms with Crippen molar-refractivity contribution in [3.63, 3.8) is 0 Å². The third-order valence-electron chi connectivity index (χ3n) is 6.02. The highest BCUT2D eigenvalue weighted by Crippen LogP contribution is 2.41. The van der Waals surface area contributed by atoms with Gasteiger partial charge in [-0.05, 0) is 42.7 Å². The van der Waals surface area contributed by atoms with E-state index in [0.717, 1.165) is 45.9 Å². The molecule has 1 amide bonds. The first-order valence-corrected chi connectivity index (χ1v) is 10.5. The van der Waals surface area contributed by atoms with E-state index in [0.29, 0.717) is 24.6 Å². The smallest absolute Gasteiger partial charge is 0.223 e. The van der Waals surface area contributed by atoms with E-state index < -0.39 is 0 Å². The lowest BCUT2D eigenvalue weighted by Crippen LogP contribution is -2.38. The minimum Gasteiger partial charge on any atom is -0.496 e. The summed E-state index contributed by atoms with van der Waals surface area (Å²) in [6.07, 6.45) is 3.86. The van der Waals surface area contributed by atoms with Gasteiger partial charge in [0.05, 0.1) is 25.8 Å². The largest absolute Gasteiger partial charge is 0.496 e. The number of amides is 1. The zero-order valence-corrected chi connectivity index (χ0v) is 17.6. The lowest BCUT2D eigenvalue weighted by molar-refractivity contribution is -0.137. The summed E-state index contributed by atoms with van der Waals surface area (Å²) in [7, 11) is 3.23. The Kier molecular flexibility index (Phi) is 4.98. The van der Waals surface area contributed by atoms with Crippen LogP contribution in [0, 0.1) is 0 Å². The number of carbonyl (C=O) groups is 1. The second kappa shape index (κ2) is 7.95. The number of aromatic nitrogens is 1. The summed E-state index contributed by atoms with van der Waals surface area (Å²) in [5.74, 6) is 1.31. The summed E-state index contributed by atoms with van der Waals surface area (Å²) in [4.78, 5) is 19.3. The summed E-state index contributed by atoms with van der Waals surface area (Å²) in [5, 5.41) is 2.14. The van der Waals surface area contributed by atoms with E-state index in [-0.39, 0.29) is 11.9 Å². The molecule has 0 saturated carbocycles. The number of benzene rings is 2. The third kappa shape index (κ3) is 3.38. The molecule has 1 aliphatic rings. The number of hydrogen-bond donors (Lipinski definition) is 0. The number of nitrogens with zero attached hydrogens (tertiary/aromatic N) is 2. The zero-order chi connectivity index (χ0) is 21.4. The van der Waals surface area contributed by atoms with Crippen LogP contribution in [0.3, 0.4) is 0 Å². The van der Waals surface area contributed by atoms with E-state index >= 15 is 0 Å². The molecule has 1 unspecified atom stereocenters. The second-order valence-electron chi connectivity index (χ2n) is 7.79. The van der Waals surface area contributed by atoms with Crippen LogP contribution in [0.25, 0.3) is 21.9 Å². The Labute approximate surface area is 180 Å². The fourth-order valence-corrected chi connectivity index (χ4v) is 4.57. The fraction of sp³-hybridized carbons (Fsp3) is 0.280.